The number of ether oxygens (including phenoxy) is 1. The number of hydrogen-bond donors (Lipinski definition) is 3. The maximum Gasteiger partial charge on any atom is 0.319 e. The Morgan fingerprint density at radius 3 is 2.65 bits per heavy atom. The van der Waals surface area contributed by atoms with Gasteiger partial charge < -0.3 is 20.5 Å². The number of aliphatic hydroxyl groups is 1. The van der Waals surface area contributed by atoms with Crippen LogP contribution in [0.4, 0.5) is 10.5 Å². The number of hydrogen-bond acceptors (Lipinski definition) is 3. The number of methoxy groups -OCH3 is 1. The maximum atomic E-state index is 12.1. The molecule has 6 heteroatoms. The van der Waals surface area contributed by atoms with Crippen molar-refractivity contribution >= 4 is 23.3 Å². The molecule has 0 fully saturated rings. The molecule has 0 spiro atoms. The number of anilines is 1. The van der Waals surface area contributed by atoms with Gasteiger partial charge in [-0.15, -0.1) is 0 Å². The van der Waals surface area contributed by atoms with Crippen molar-refractivity contribution in [1.82, 2.24) is 5.32 Å². The highest BCUT2D eigenvalue weighted by molar-refractivity contribution is 6.33. The number of halogens is 1. The van der Waals surface area contributed by atoms with Gasteiger partial charge in [-0.2, -0.15) is 0 Å². The summed E-state index contributed by atoms with van der Waals surface area (Å²) in [4.78, 5) is 12.1. The van der Waals surface area contributed by atoms with Crippen LogP contribution >= 0.6 is 11.6 Å². The van der Waals surface area contributed by atoms with Crippen LogP contribution < -0.4 is 15.4 Å². The SMILES string of the molecule is COc1ccc(Cl)c(NC(=O)NC(CO)Cc2ccccc2)c1. The molecule has 0 bridgehead atoms. The van der Waals surface area contributed by atoms with E-state index in [2.05, 4.69) is 10.6 Å². The highest BCUT2D eigenvalue weighted by Gasteiger charge is 2.13. The minimum absolute atomic E-state index is 0.159. The van der Waals surface area contributed by atoms with Gasteiger partial charge in [-0.25, -0.2) is 4.79 Å². The summed E-state index contributed by atoms with van der Waals surface area (Å²) in [5.74, 6) is 0.590. The maximum absolute atomic E-state index is 12.1. The van der Waals surface area contributed by atoms with Crippen molar-refractivity contribution in [3.05, 3.63) is 59.1 Å². The lowest BCUT2D eigenvalue weighted by Crippen LogP contribution is -2.41. The van der Waals surface area contributed by atoms with Crippen molar-refractivity contribution in [2.45, 2.75) is 12.5 Å². The predicted octanol–water partition coefficient (Wildman–Crippen LogP) is 3.07. The summed E-state index contributed by atoms with van der Waals surface area (Å²) in [5.41, 5.74) is 1.48. The van der Waals surface area contributed by atoms with Crippen LogP contribution in [0.25, 0.3) is 0 Å². The second-order valence-electron chi connectivity index (χ2n) is 5.01. The fourth-order valence-corrected chi connectivity index (χ4v) is 2.30. The molecule has 1 unspecified atom stereocenters. The van der Waals surface area contributed by atoms with Gasteiger partial charge in [0.25, 0.3) is 0 Å². The molecule has 0 radical (unpaired) electrons. The van der Waals surface area contributed by atoms with E-state index < -0.39 is 6.03 Å². The second kappa shape index (κ2) is 8.41. The minimum atomic E-state index is -0.435. The molecular formula is C17H19ClN2O3. The zero-order valence-corrected chi connectivity index (χ0v) is 13.5. The first-order chi connectivity index (χ1) is 11.1. The number of rotatable bonds is 6. The van der Waals surface area contributed by atoms with Gasteiger partial charge in [-0.1, -0.05) is 41.9 Å². The van der Waals surface area contributed by atoms with E-state index in [9.17, 15) is 9.90 Å². The number of benzene rings is 2. The zero-order chi connectivity index (χ0) is 16.7. The lowest BCUT2D eigenvalue weighted by molar-refractivity contribution is 0.224. The Bertz CT molecular complexity index is 650. The van der Waals surface area contributed by atoms with Crippen LogP contribution in [0.5, 0.6) is 5.75 Å². The van der Waals surface area contributed by atoms with E-state index in [1.165, 1.54) is 7.11 Å². The molecule has 1 atom stereocenters. The van der Waals surface area contributed by atoms with Crippen molar-refractivity contribution in [3.8, 4) is 5.75 Å². The number of carbonyl (C=O) groups excluding carboxylic acids is 1. The topological polar surface area (TPSA) is 70.6 Å². The van der Waals surface area contributed by atoms with Crippen molar-refractivity contribution in [1.29, 1.82) is 0 Å². The average molecular weight is 335 g/mol. The molecule has 0 heterocycles. The third kappa shape index (κ3) is 5.16. The zero-order valence-electron chi connectivity index (χ0n) is 12.8. The molecule has 3 N–H and O–H groups in total. The van der Waals surface area contributed by atoms with E-state index in [0.29, 0.717) is 22.9 Å². The molecular weight excluding hydrogens is 316 g/mol. The normalized spacial score (nSPS) is 11.6. The van der Waals surface area contributed by atoms with Crippen molar-refractivity contribution in [3.63, 3.8) is 0 Å². The van der Waals surface area contributed by atoms with E-state index in [0.717, 1.165) is 5.56 Å². The Kier molecular flexibility index (Phi) is 6.26. The van der Waals surface area contributed by atoms with Crippen molar-refractivity contribution < 1.29 is 14.6 Å². The van der Waals surface area contributed by atoms with Crippen molar-refractivity contribution in [2.24, 2.45) is 0 Å². The lowest BCUT2D eigenvalue weighted by Gasteiger charge is -2.17. The molecule has 2 aromatic carbocycles. The average Bonchev–Trinajstić information content (AvgIpc) is 2.57. The molecule has 0 aromatic heterocycles. The van der Waals surface area contributed by atoms with Gasteiger partial charge in [0.1, 0.15) is 5.75 Å². The summed E-state index contributed by atoms with van der Waals surface area (Å²) >= 11 is 6.05. The molecule has 2 rings (SSSR count). The molecule has 2 aromatic rings. The van der Waals surface area contributed by atoms with Crippen molar-refractivity contribution in [2.75, 3.05) is 19.0 Å². The Morgan fingerprint density at radius 2 is 2.00 bits per heavy atom. The van der Waals surface area contributed by atoms with E-state index >= 15 is 0 Å². The number of amides is 2. The number of carbonyl (C=O) groups is 1. The van der Waals surface area contributed by atoms with Crippen LogP contribution in [0, 0.1) is 0 Å². The first-order valence-electron chi connectivity index (χ1n) is 7.18. The fraction of sp³-hybridized carbons (Fsp3) is 0.235. The molecule has 2 amide bonds. The van der Waals surface area contributed by atoms with Gasteiger partial charge in [0.05, 0.1) is 30.5 Å². The third-order valence-corrected chi connectivity index (χ3v) is 3.63. The van der Waals surface area contributed by atoms with Crippen LogP contribution in [0.15, 0.2) is 48.5 Å². The van der Waals surface area contributed by atoms with Gasteiger partial charge in [0.15, 0.2) is 0 Å². The van der Waals surface area contributed by atoms with Gasteiger partial charge in [0.2, 0.25) is 0 Å². The van der Waals surface area contributed by atoms with Gasteiger partial charge in [-0.3, -0.25) is 0 Å². The van der Waals surface area contributed by atoms with E-state index in [-0.39, 0.29) is 12.6 Å². The Balaban J connectivity index is 1.97. The predicted molar refractivity (Wildman–Crippen MR) is 91.2 cm³/mol. The van der Waals surface area contributed by atoms with Crippen LogP contribution in [-0.2, 0) is 6.42 Å². The minimum Gasteiger partial charge on any atom is -0.497 e. The Labute approximate surface area is 140 Å². The number of nitrogens with one attached hydrogen (secondary N) is 2. The third-order valence-electron chi connectivity index (χ3n) is 3.30. The molecule has 5 nitrogen and oxygen atoms in total. The standard InChI is InChI=1S/C17H19ClN2O3/c1-23-14-7-8-15(18)16(10-14)20-17(22)19-13(11-21)9-12-5-3-2-4-6-12/h2-8,10,13,21H,9,11H2,1H3,(H2,19,20,22). The second-order valence-corrected chi connectivity index (χ2v) is 5.42. The molecule has 122 valence electrons. The quantitative estimate of drug-likeness (QED) is 0.760. The summed E-state index contributed by atoms with van der Waals surface area (Å²) in [6.45, 7) is -0.159. The molecule has 23 heavy (non-hydrogen) atoms. The summed E-state index contributed by atoms with van der Waals surface area (Å²) in [7, 11) is 1.54. The molecule has 0 aliphatic rings. The monoisotopic (exact) mass is 334 g/mol. The van der Waals surface area contributed by atoms with Crippen LogP contribution in [0.1, 0.15) is 5.56 Å². The molecule has 0 aliphatic heterocycles. The lowest BCUT2D eigenvalue weighted by atomic mass is 10.1. The van der Waals surface area contributed by atoms with Crippen LogP contribution in [-0.4, -0.2) is 30.9 Å². The Morgan fingerprint density at radius 1 is 1.26 bits per heavy atom. The van der Waals surface area contributed by atoms with E-state index in [1.54, 1.807) is 18.2 Å². The van der Waals surface area contributed by atoms with Gasteiger partial charge in [0, 0.05) is 6.07 Å². The van der Waals surface area contributed by atoms with Gasteiger partial charge in [-0.05, 0) is 24.1 Å². The Hall–Kier alpha value is -2.24. The highest BCUT2D eigenvalue weighted by atomic mass is 35.5. The molecule has 0 aliphatic carbocycles. The first kappa shape index (κ1) is 17.1. The molecule has 0 saturated carbocycles. The summed E-state index contributed by atoms with van der Waals surface area (Å²) in [5, 5.41) is 15.2. The van der Waals surface area contributed by atoms with Crippen LogP contribution in [0.3, 0.4) is 0 Å². The smallest absolute Gasteiger partial charge is 0.319 e. The van der Waals surface area contributed by atoms with Crippen LogP contribution in [0.2, 0.25) is 5.02 Å². The van der Waals surface area contributed by atoms with E-state index in [1.807, 2.05) is 30.3 Å². The first-order valence-corrected chi connectivity index (χ1v) is 7.56. The number of aliphatic hydroxyl groups excluding tert-OH is 1. The number of urea groups is 1. The summed E-state index contributed by atoms with van der Waals surface area (Å²) in [6, 6.07) is 13.8. The fourth-order valence-electron chi connectivity index (χ4n) is 2.13. The summed E-state index contributed by atoms with van der Waals surface area (Å²) < 4.78 is 5.10. The summed E-state index contributed by atoms with van der Waals surface area (Å²) in [6.07, 6.45) is 0.538. The van der Waals surface area contributed by atoms with E-state index in [4.69, 9.17) is 16.3 Å². The van der Waals surface area contributed by atoms with Gasteiger partial charge >= 0.3 is 6.03 Å². The highest BCUT2D eigenvalue weighted by Crippen LogP contribution is 2.26. The largest absolute Gasteiger partial charge is 0.497 e. The molecule has 0 saturated heterocycles.